The summed E-state index contributed by atoms with van der Waals surface area (Å²) in [5.74, 6) is 1.32. The van der Waals surface area contributed by atoms with Crippen LogP contribution in [0.4, 0.5) is 10.2 Å². The molecule has 0 radical (unpaired) electrons. The van der Waals surface area contributed by atoms with E-state index in [9.17, 15) is 4.39 Å². The lowest BCUT2D eigenvalue weighted by molar-refractivity contribution is 0.623. The highest BCUT2D eigenvalue weighted by Gasteiger charge is 2.04. The normalized spacial score (nSPS) is 10.6. The summed E-state index contributed by atoms with van der Waals surface area (Å²) in [6, 6.07) is 1.23. The smallest absolute Gasteiger partial charge is 0.166 e. The highest BCUT2D eigenvalue weighted by atomic mass is 35.5. The number of nitrogens with zero attached hydrogens (tertiary/aromatic N) is 3. The average Bonchev–Trinajstić information content (AvgIpc) is 2.73. The third kappa shape index (κ3) is 3.40. The number of nitrogens with one attached hydrogen (secondary N) is 2. The lowest BCUT2D eigenvalue weighted by Gasteiger charge is -2.05. The van der Waals surface area contributed by atoms with Gasteiger partial charge in [-0.05, 0) is 19.4 Å². The molecule has 0 bridgehead atoms. The Morgan fingerprint density at radius 3 is 3.00 bits per heavy atom. The first-order chi connectivity index (χ1) is 8.65. The van der Waals surface area contributed by atoms with Crippen molar-refractivity contribution in [3.8, 4) is 0 Å². The Hall–Kier alpha value is -1.69. The molecule has 0 unspecified atom stereocenters. The predicted molar refractivity (Wildman–Crippen MR) is 67.1 cm³/mol. The van der Waals surface area contributed by atoms with Crippen LogP contribution in [0.25, 0.3) is 0 Å². The van der Waals surface area contributed by atoms with Gasteiger partial charge in [-0.3, -0.25) is 5.10 Å². The summed E-state index contributed by atoms with van der Waals surface area (Å²) in [5, 5.41) is 9.99. The third-order valence-electron chi connectivity index (χ3n) is 2.32. The van der Waals surface area contributed by atoms with Crippen LogP contribution in [-0.2, 0) is 6.42 Å². The maximum atomic E-state index is 13.4. The first-order valence-electron chi connectivity index (χ1n) is 5.58. The van der Waals surface area contributed by atoms with Crippen molar-refractivity contribution in [2.45, 2.75) is 19.8 Å². The van der Waals surface area contributed by atoms with Gasteiger partial charge in [0, 0.05) is 19.2 Å². The molecule has 0 saturated carbocycles. The maximum absolute atomic E-state index is 13.4. The van der Waals surface area contributed by atoms with Gasteiger partial charge in [-0.1, -0.05) is 11.6 Å². The molecule has 0 amide bonds. The summed E-state index contributed by atoms with van der Waals surface area (Å²) in [6.07, 6.45) is 2.93. The van der Waals surface area contributed by atoms with E-state index >= 15 is 0 Å². The molecule has 2 aromatic rings. The van der Waals surface area contributed by atoms with E-state index in [4.69, 9.17) is 11.6 Å². The first-order valence-corrected chi connectivity index (χ1v) is 5.96. The molecule has 0 aliphatic rings. The minimum absolute atomic E-state index is 0.213. The summed E-state index contributed by atoms with van der Waals surface area (Å²) in [4.78, 5) is 8.05. The number of rotatable bonds is 5. The fourth-order valence-corrected chi connectivity index (χ4v) is 1.64. The molecule has 5 nitrogen and oxygen atoms in total. The Morgan fingerprint density at radius 2 is 2.33 bits per heavy atom. The lowest BCUT2D eigenvalue weighted by Crippen LogP contribution is -2.06. The van der Waals surface area contributed by atoms with Crippen molar-refractivity contribution in [3.63, 3.8) is 0 Å². The van der Waals surface area contributed by atoms with Gasteiger partial charge in [0.1, 0.15) is 5.82 Å². The third-order valence-corrected chi connectivity index (χ3v) is 2.53. The van der Waals surface area contributed by atoms with E-state index in [1.54, 1.807) is 0 Å². The van der Waals surface area contributed by atoms with Crippen LogP contribution in [0.3, 0.4) is 0 Å². The second-order valence-corrected chi connectivity index (χ2v) is 4.29. The second kappa shape index (κ2) is 5.77. The minimum Gasteiger partial charge on any atom is -0.368 e. The number of anilines is 1. The number of halogens is 2. The topological polar surface area (TPSA) is 66.5 Å². The first kappa shape index (κ1) is 12.8. The number of hydrogen-bond acceptors (Lipinski definition) is 4. The average molecular weight is 270 g/mol. The van der Waals surface area contributed by atoms with Gasteiger partial charge in [0.15, 0.2) is 17.5 Å². The number of hydrogen-bond donors (Lipinski definition) is 2. The molecular formula is C11H13ClFN5. The van der Waals surface area contributed by atoms with E-state index in [0.29, 0.717) is 6.54 Å². The fraction of sp³-hybridized carbons (Fsp3) is 0.364. The van der Waals surface area contributed by atoms with Gasteiger partial charge in [-0.25, -0.2) is 14.4 Å². The van der Waals surface area contributed by atoms with Gasteiger partial charge in [-0.15, -0.1) is 0 Å². The van der Waals surface area contributed by atoms with Crippen LogP contribution in [0, 0.1) is 12.7 Å². The number of aryl methyl sites for hydroxylation is 2. The van der Waals surface area contributed by atoms with Crippen LogP contribution in [0.15, 0.2) is 12.3 Å². The van der Waals surface area contributed by atoms with Gasteiger partial charge in [0.05, 0.1) is 5.02 Å². The van der Waals surface area contributed by atoms with Gasteiger partial charge in [-0.2, -0.15) is 5.10 Å². The summed E-state index contributed by atoms with van der Waals surface area (Å²) < 4.78 is 13.4. The zero-order chi connectivity index (χ0) is 13.0. The van der Waals surface area contributed by atoms with Crippen molar-refractivity contribution in [3.05, 3.63) is 34.8 Å². The van der Waals surface area contributed by atoms with E-state index in [2.05, 4.69) is 25.5 Å². The molecule has 0 aliphatic carbocycles. The quantitative estimate of drug-likeness (QED) is 0.818. The molecule has 0 saturated heterocycles. The predicted octanol–water partition coefficient (Wildman–Crippen LogP) is 2.35. The molecule has 2 N–H and O–H groups in total. The molecular weight excluding hydrogens is 257 g/mol. The summed E-state index contributed by atoms with van der Waals surface area (Å²) in [7, 11) is 0. The highest BCUT2D eigenvalue weighted by Crippen LogP contribution is 2.15. The monoisotopic (exact) mass is 269 g/mol. The van der Waals surface area contributed by atoms with Crippen molar-refractivity contribution in [1.82, 2.24) is 20.2 Å². The van der Waals surface area contributed by atoms with E-state index < -0.39 is 5.82 Å². The molecule has 0 aliphatic heterocycles. The zero-order valence-electron chi connectivity index (χ0n) is 9.87. The van der Waals surface area contributed by atoms with Crippen LogP contribution < -0.4 is 5.32 Å². The number of aromatic amines is 1. The molecule has 18 heavy (non-hydrogen) atoms. The molecule has 0 fully saturated rings. The highest BCUT2D eigenvalue weighted by molar-refractivity contribution is 6.30. The van der Waals surface area contributed by atoms with Crippen molar-refractivity contribution >= 4 is 17.4 Å². The molecule has 7 heteroatoms. The number of H-pyrrole nitrogens is 1. The van der Waals surface area contributed by atoms with Crippen LogP contribution in [-0.4, -0.2) is 26.7 Å². The van der Waals surface area contributed by atoms with Crippen molar-refractivity contribution < 1.29 is 4.39 Å². The van der Waals surface area contributed by atoms with E-state index in [1.807, 2.05) is 6.92 Å². The second-order valence-electron chi connectivity index (χ2n) is 3.85. The summed E-state index contributed by atoms with van der Waals surface area (Å²) in [5.41, 5.74) is 0. The largest absolute Gasteiger partial charge is 0.368 e. The van der Waals surface area contributed by atoms with Crippen molar-refractivity contribution in [2.75, 3.05) is 11.9 Å². The molecule has 0 aromatic carbocycles. The maximum Gasteiger partial charge on any atom is 0.166 e. The minimum atomic E-state index is -0.448. The van der Waals surface area contributed by atoms with Crippen LogP contribution in [0.2, 0.25) is 5.02 Å². The van der Waals surface area contributed by atoms with Gasteiger partial charge in [0.25, 0.3) is 0 Å². The fourth-order valence-electron chi connectivity index (χ4n) is 1.50. The molecule has 0 spiro atoms. The van der Waals surface area contributed by atoms with Crippen molar-refractivity contribution in [2.24, 2.45) is 0 Å². The molecule has 2 aromatic heterocycles. The standard InChI is InChI=1S/C11H13ClFN5/c1-7-16-10(18-17-7)3-2-4-14-11-9(13)5-8(12)6-15-11/h5-6H,2-4H2,1H3,(H,14,15)(H,16,17,18). The van der Waals surface area contributed by atoms with E-state index in [1.165, 1.54) is 12.3 Å². The molecule has 0 atom stereocenters. The van der Waals surface area contributed by atoms with Crippen LogP contribution in [0.1, 0.15) is 18.1 Å². The van der Waals surface area contributed by atoms with Gasteiger partial charge in [0.2, 0.25) is 0 Å². The lowest BCUT2D eigenvalue weighted by atomic mass is 10.3. The number of aromatic nitrogens is 4. The molecule has 96 valence electrons. The van der Waals surface area contributed by atoms with E-state index in [0.717, 1.165) is 24.5 Å². The Bertz CT molecular complexity index is 528. The summed E-state index contributed by atoms with van der Waals surface area (Å²) >= 11 is 5.61. The Morgan fingerprint density at radius 1 is 1.50 bits per heavy atom. The Kier molecular flexibility index (Phi) is 4.09. The SMILES string of the molecule is Cc1nc(CCCNc2ncc(Cl)cc2F)n[nH]1. The van der Waals surface area contributed by atoms with Crippen LogP contribution in [0.5, 0.6) is 0 Å². The van der Waals surface area contributed by atoms with E-state index in [-0.39, 0.29) is 10.8 Å². The Labute approximate surface area is 109 Å². The zero-order valence-corrected chi connectivity index (χ0v) is 10.6. The van der Waals surface area contributed by atoms with Crippen molar-refractivity contribution in [1.29, 1.82) is 0 Å². The van der Waals surface area contributed by atoms with Crippen LogP contribution >= 0.6 is 11.6 Å². The summed E-state index contributed by atoms with van der Waals surface area (Å²) in [6.45, 7) is 2.45. The molecule has 2 heterocycles. The Balaban J connectivity index is 1.78. The number of pyridine rings is 1. The van der Waals surface area contributed by atoms with Gasteiger partial charge >= 0.3 is 0 Å². The van der Waals surface area contributed by atoms with Gasteiger partial charge < -0.3 is 5.32 Å². The molecule has 2 rings (SSSR count).